The van der Waals surface area contributed by atoms with Gasteiger partial charge in [0.1, 0.15) is 5.69 Å². The van der Waals surface area contributed by atoms with Crippen molar-refractivity contribution >= 4 is 11.4 Å². The molecule has 19 heavy (non-hydrogen) atoms. The number of halogens is 2. The maximum atomic E-state index is 13.9. The second kappa shape index (κ2) is 5.45. The van der Waals surface area contributed by atoms with Gasteiger partial charge in [0.05, 0.1) is 42.9 Å². The standard InChI is InChI=1S/C11H12F2N2O4/c12-9-3-7(15(17)18)4-10(13)11(9)14-1-2-19-6-8(14)5-16/h3-4,8,16H,1-2,5-6H2. The molecule has 104 valence electrons. The van der Waals surface area contributed by atoms with Crippen molar-refractivity contribution in [2.24, 2.45) is 0 Å². The smallest absolute Gasteiger partial charge is 0.275 e. The van der Waals surface area contributed by atoms with Crippen LogP contribution in [0.2, 0.25) is 0 Å². The highest BCUT2D eigenvalue weighted by Crippen LogP contribution is 2.30. The Morgan fingerprint density at radius 2 is 2.11 bits per heavy atom. The molecule has 0 radical (unpaired) electrons. The van der Waals surface area contributed by atoms with Crippen LogP contribution in [-0.2, 0) is 4.74 Å². The van der Waals surface area contributed by atoms with Crippen molar-refractivity contribution in [3.63, 3.8) is 0 Å². The van der Waals surface area contributed by atoms with Crippen LogP contribution in [0.25, 0.3) is 0 Å². The van der Waals surface area contributed by atoms with E-state index in [2.05, 4.69) is 0 Å². The average Bonchev–Trinajstić information content (AvgIpc) is 2.38. The van der Waals surface area contributed by atoms with E-state index in [4.69, 9.17) is 4.74 Å². The lowest BCUT2D eigenvalue weighted by Gasteiger charge is -2.36. The van der Waals surface area contributed by atoms with Crippen LogP contribution in [0.3, 0.4) is 0 Å². The Bertz CT molecular complexity index is 475. The highest BCUT2D eigenvalue weighted by Gasteiger charge is 2.29. The molecule has 0 amide bonds. The van der Waals surface area contributed by atoms with E-state index in [1.165, 1.54) is 4.90 Å². The third kappa shape index (κ3) is 2.64. The molecule has 0 aromatic heterocycles. The number of aliphatic hydroxyl groups is 1. The van der Waals surface area contributed by atoms with Gasteiger partial charge in [-0.2, -0.15) is 0 Å². The number of nitrogens with zero attached hydrogens (tertiary/aromatic N) is 2. The van der Waals surface area contributed by atoms with Crippen molar-refractivity contribution in [3.8, 4) is 0 Å². The first-order valence-corrected chi connectivity index (χ1v) is 5.63. The topological polar surface area (TPSA) is 75.8 Å². The molecular weight excluding hydrogens is 262 g/mol. The van der Waals surface area contributed by atoms with E-state index in [0.717, 1.165) is 0 Å². The molecule has 0 saturated carbocycles. The summed E-state index contributed by atoms with van der Waals surface area (Å²) in [5.41, 5.74) is -1.01. The number of hydrogen-bond acceptors (Lipinski definition) is 5. The van der Waals surface area contributed by atoms with E-state index in [-0.39, 0.29) is 32.1 Å². The lowest BCUT2D eigenvalue weighted by molar-refractivity contribution is -0.385. The molecule has 1 aromatic carbocycles. The van der Waals surface area contributed by atoms with Gasteiger partial charge >= 0.3 is 0 Å². The lowest BCUT2D eigenvalue weighted by Crippen LogP contribution is -2.48. The van der Waals surface area contributed by atoms with Gasteiger partial charge in [0, 0.05) is 6.54 Å². The summed E-state index contributed by atoms with van der Waals surface area (Å²) in [7, 11) is 0. The van der Waals surface area contributed by atoms with Crippen molar-refractivity contribution < 1.29 is 23.5 Å². The Morgan fingerprint density at radius 3 is 2.63 bits per heavy atom. The van der Waals surface area contributed by atoms with Crippen LogP contribution < -0.4 is 4.90 Å². The first-order chi connectivity index (χ1) is 9.04. The summed E-state index contributed by atoms with van der Waals surface area (Å²) < 4.78 is 32.8. The van der Waals surface area contributed by atoms with E-state index in [0.29, 0.717) is 12.1 Å². The van der Waals surface area contributed by atoms with Crippen molar-refractivity contribution in [1.29, 1.82) is 0 Å². The Kier molecular flexibility index (Phi) is 3.91. The minimum Gasteiger partial charge on any atom is -0.394 e. The predicted molar refractivity (Wildman–Crippen MR) is 62.1 cm³/mol. The van der Waals surface area contributed by atoms with Crippen LogP contribution in [0.4, 0.5) is 20.2 Å². The maximum Gasteiger partial charge on any atom is 0.275 e. The van der Waals surface area contributed by atoms with Crippen LogP contribution in [0, 0.1) is 21.7 Å². The zero-order valence-electron chi connectivity index (χ0n) is 9.88. The number of aliphatic hydroxyl groups excluding tert-OH is 1. The molecule has 1 aliphatic heterocycles. The fourth-order valence-electron chi connectivity index (χ4n) is 2.03. The van der Waals surface area contributed by atoms with Gasteiger partial charge < -0.3 is 14.7 Å². The van der Waals surface area contributed by atoms with Crippen molar-refractivity contribution in [2.45, 2.75) is 6.04 Å². The fourth-order valence-corrected chi connectivity index (χ4v) is 2.03. The second-order valence-electron chi connectivity index (χ2n) is 4.12. The highest BCUT2D eigenvalue weighted by molar-refractivity contribution is 5.54. The summed E-state index contributed by atoms with van der Waals surface area (Å²) in [5, 5.41) is 19.7. The summed E-state index contributed by atoms with van der Waals surface area (Å²) in [6.45, 7) is 0.297. The third-order valence-corrected chi connectivity index (χ3v) is 2.94. The Morgan fingerprint density at radius 1 is 1.47 bits per heavy atom. The molecular formula is C11H12F2N2O4. The molecule has 8 heteroatoms. The largest absolute Gasteiger partial charge is 0.394 e. The second-order valence-corrected chi connectivity index (χ2v) is 4.12. The van der Waals surface area contributed by atoms with Gasteiger partial charge in [-0.3, -0.25) is 10.1 Å². The van der Waals surface area contributed by atoms with Gasteiger partial charge in [0.2, 0.25) is 0 Å². The molecule has 0 spiro atoms. The normalized spacial score (nSPS) is 19.5. The molecule has 0 bridgehead atoms. The molecule has 6 nitrogen and oxygen atoms in total. The van der Waals surface area contributed by atoms with E-state index < -0.39 is 28.3 Å². The minimum absolute atomic E-state index is 0.145. The summed E-state index contributed by atoms with van der Waals surface area (Å²) in [6, 6.07) is 0.768. The van der Waals surface area contributed by atoms with Crippen LogP contribution in [0.1, 0.15) is 0 Å². The summed E-state index contributed by atoms with van der Waals surface area (Å²) in [6.07, 6.45) is 0. The molecule has 1 heterocycles. The van der Waals surface area contributed by atoms with Crippen molar-refractivity contribution in [1.82, 2.24) is 0 Å². The summed E-state index contributed by atoms with van der Waals surface area (Å²) in [5.74, 6) is -2.04. The van der Waals surface area contributed by atoms with E-state index in [1.54, 1.807) is 0 Å². The Hall–Kier alpha value is -1.80. The molecule has 1 unspecified atom stereocenters. The molecule has 1 fully saturated rings. The monoisotopic (exact) mass is 274 g/mol. The number of ether oxygens (including phenoxy) is 1. The lowest BCUT2D eigenvalue weighted by atomic mass is 10.1. The Labute approximate surface area is 107 Å². The molecule has 2 rings (SSSR count). The number of rotatable bonds is 3. The SMILES string of the molecule is O=[N+]([O-])c1cc(F)c(N2CCOCC2CO)c(F)c1. The van der Waals surface area contributed by atoms with Gasteiger partial charge in [-0.1, -0.05) is 0 Å². The van der Waals surface area contributed by atoms with Crippen LogP contribution in [-0.4, -0.2) is 42.4 Å². The van der Waals surface area contributed by atoms with Crippen LogP contribution in [0.5, 0.6) is 0 Å². The van der Waals surface area contributed by atoms with Gasteiger partial charge in [0.15, 0.2) is 11.6 Å². The maximum absolute atomic E-state index is 13.9. The summed E-state index contributed by atoms with van der Waals surface area (Å²) in [4.78, 5) is 11.0. The van der Waals surface area contributed by atoms with Gasteiger partial charge in [-0.25, -0.2) is 8.78 Å². The molecule has 1 saturated heterocycles. The third-order valence-electron chi connectivity index (χ3n) is 2.94. The highest BCUT2D eigenvalue weighted by atomic mass is 19.1. The number of nitro benzene ring substituents is 1. The minimum atomic E-state index is -1.02. The van der Waals surface area contributed by atoms with E-state index in [9.17, 15) is 24.0 Å². The Balaban J connectivity index is 2.41. The predicted octanol–water partition coefficient (Wildman–Crippen LogP) is 1.07. The molecule has 1 aromatic rings. The quantitative estimate of drug-likeness (QED) is 0.659. The van der Waals surface area contributed by atoms with Crippen molar-refractivity contribution in [3.05, 3.63) is 33.9 Å². The van der Waals surface area contributed by atoms with Gasteiger partial charge in [0.25, 0.3) is 5.69 Å². The van der Waals surface area contributed by atoms with E-state index >= 15 is 0 Å². The van der Waals surface area contributed by atoms with Crippen molar-refractivity contribution in [2.75, 3.05) is 31.3 Å². The van der Waals surface area contributed by atoms with Gasteiger partial charge in [-0.05, 0) is 0 Å². The fraction of sp³-hybridized carbons (Fsp3) is 0.455. The number of anilines is 1. The number of nitro groups is 1. The van der Waals surface area contributed by atoms with Crippen LogP contribution >= 0.6 is 0 Å². The first kappa shape index (κ1) is 13.6. The summed E-state index contributed by atoms with van der Waals surface area (Å²) >= 11 is 0. The number of non-ortho nitro benzene ring substituents is 1. The van der Waals surface area contributed by atoms with Crippen LogP contribution in [0.15, 0.2) is 12.1 Å². The average molecular weight is 274 g/mol. The van der Waals surface area contributed by atoms with Gasteiger partial charge in [-0.15, -0.1) is 0 Å². The molecule has 1 N–H and O–H groups in total. The number of benzene rings is 1. The number of hydrogen-bond donors (Lipinski definition) is 1. The zero-order valence-corrected chi connectivity index (χ0v) is 9.88. The number of morpholine rings is 1. The van der Waals surface area contributed by atoms with E-state index in [1.807, 2.05) is 0 Å². The molecule has 0 aliphatic carbocycles. The first-order valence-electron chi connectivity index (χ1n) is 5.63. The zero-order chi connectivity index (χ0) is 14.0. The molecule has 1 aliphatic rings. The molecule has 1 atom stereocenters.